The van der Waals surface area contributed by atoms with Gasteiger partial charge >= 0.3 is 0 Å². The maximum absolute atomic E-state index is 9.56. The lowest BCUT2D eigenvalue weighted by molar-refractivity contribution is 0.355. The molecule has 0 unspecified atom stereocenters. The van der Waals surface area contributed by atoms with E-state index in [1.54, 1.807) is 44.7 Å². The Morgan fingerprint density at radius 2 is 1.54 bits per heavy atom. The molecule has 1 heterocycles. The molecule has 0 amide bonds. The third-order valence-corrected chi connectivity index (χ3v) is 3.54. The number of aromatic hydroxyl groups is 2. The highest BCUT2D eigenvalue weighted by Gasteiger charge is 2.07. The van der Waals surface area contributed by atoms with Crippen LogP contribution in [-0.2, 0) is 0 Å². The van der Waals surface area contributed by atoms with Crippen LogP contribution in [0.3, 0.4) is 0 Å². The van der Waals surface area contributed by atoms with Gasteiger partial charge in [-0.1, -0.05) is 0 Å². The average molecular weight is 354 g/mol. The monoisotopic (exact) mass is 354 g/mol. The van der Waals surface area contributed by atoms with E-state index in [4.69, 9.17) is 9.47 Å². The van der Waals surface area contributed by atoms with E-state index < -0.39 is 0 Å². The Kier molecular flexibility index (Phi) is 4.93. The lowest BCUT2D eigenvalue weighted by Gasteiger charge is -2.11. The predicted octanol–water partition coefficient (Wildman–Crippen LogP) is 3.39. The highest BCUT2D eigenvalue weighted by Crippen LogP contribution is 2.31. The first-order valence-corrected chi connectivity index (χ1v) is 7.70. The summed E-state index contributed by atoms with van der Waals surface area (Å²) in [6, 6.07) is 11.5. The number of rotatable bonds is 6. The number of phenolic OH excluding ortho intramolecular Hbond substituents is 2. The summed E-state index contributed by atoms with van der Waals surface area (Å²) in [5.41, 5.74) is 1.32. The van der Waals surface area contributed by atoms with Gasteiger partial charge in [-0.15, -0.1) is 0 Å². The number of ether oxygens (including phenoxy) is 2. The lowest BCUT2D eigenvalue weighted by Crippen LogP contribution is -2.01. The van der Waals surface area contributed by atoms with Gasteiger partial charge in [-0.2, -0.15) is 4.98 Å². The van der Waals surface area contributed by atoms with Crippen LogP contribution in [0.5, 0.6) is 23.0 Å². The smallest absolute Gasteiger partial charge is 0.229 e. The highest BCUT2D eigenvalue weighted by molar-refractivity contribution is 5.63. The zero-order valence-electron chi connectivity index (χ0n) is 14.2. The maximum Gasteiger partial charge on any atom is 0.229 e. The van der Waals surface area contributed by atoms with E-state index in [-0.39, 0.29) is 11.5 Å². The van der Waals surface area contributed by atoms with Crippen LogP contribution >= 0.6 is 0 Å². The molecule has 0 aliphatic carbocycles. The number of aromatic nitrogens is 2. The number of nitrogens with one attached hydrogen (secondary N) is 2. The third-order valence-electron chi connectivity index (χ3n) is 3.54. The number of hydrogen-bond donors (Lipinski definition) is 4. The fourth-order valence-corrected chi connectivity index (χ4v) is 2.28. The molecule has 0 bridgehead atoms. The van der Waals surface area contributed by atoms with Crippen molar-refractivity contribution in [1.82, 2.24) is 9.97 Å². The van der Waals surface area contributed by atoms with Gasteiger partial charge in [-0.05, 0) is 30.3 Å². The zero-order valence-corrected chi connectivity index (χ0v) is 14.2. The molecule has 134 valence electrons. The molecule has 26 heavy (non-hydrogen) atoms. The molecule has 8 nitrogen and oxygen atoms in total. The van der Waals surface area contributed by atoms with E-state index in [1.165, 1.54) is 12.1 Å². The van der Waals surface area contributed by atoms with Crippen molar-refractivity contribution in [2.24, 2.45) is 0 Å². The van der Waals surface area contributed by atoms with Crippen molar-refractivity contribution in [3.05, 3.63) is 48.7 Å². The third kappa shape index (κ3) is 3.86. The summed E-state index contributed by atoms with van der Waals surface area (Å²) in [6.45, 7) is 0. The van der Waals surface area contributed by atoms with Crippen LogP contribution in [0.4, 0.5) is 23.1 Å². The van der Waals surface area contributed by atoms with E-state index in [0.29, 0.717) is 29.0 Å². The first-order chi connectivity index (χ1) is 12.6. The van der Waals surface area contributed by atoms with Gasteiger partial charge in [0.25, 0.3) is 0 Å². The number of phenols is 2. The summed E-state index contributed by atoms with van der Waals surface area (Å²) in [4.78, 5) is 8.55. The molecular formula is C18H18N4O4. The van der Waals surface area contributed by atoms with Crippen molar-refractivity contribution in [2.45, 2.75) is 0 Å². The minimum absolute atomic E-state index is 0.186. The fourth-order valence-electron chi connectivity index (χ4n) is 2.28. The van der Waals surface area contributed by atoms with Crippen LogP contribution in [0.15, 0.2) is 48.7 Å². The number of nitrogens with zero attached hydrogens (tertiary/aromatic N) is 2. The number of methoxy groups -OCH3 is 2. The SMILES string of the molecule is COc1ccc(Nc2nccc(Nc3ccc(O)c(O)c3)n2)cc1OC. The summed E-state index contributed by atoms with van der Waals surface area (Å²) in [6.07, 6.45) is 1.60. The van der Waals surface area contributed by atoms with Crippen LogP contribution in [0.1, 0.15) is 0 Å². The average Bonchev–Trinajstić information content (AvgIpc) is 2.65. The maximum atomic E-state index is 9.56. The minimum atomic E-state index is -0.215. The minimum Gasteiger partial charge on any atom is -0.504 e. The van der Waals surface area contributed by atoms with Gasteiger partial charge in [0.05, 0.1) is 14.2 Å². The standard InChI is InChI=1S/C18H18N4O4/c1-25-15-6-4-12(10-16(15)26-2)21-18-19-8-7-17(22-18)20-11-3-5-13(23)14(24)9-11/h3-10,23-24H,1-2H3,(H2,19,20,21,22). The van der Waals surface area contributed by atoms with E-state index in [9.17, 15) is 10.2 Å². The van der Waals surface area contributed by atoms with Gasteiger partial charge in [0.15, 0.2) is 23.0 Å². The largest absolute Gasteiger partial charge is 0.504 e. The summed E-state index contributed by atoms with van der Waals surface area (Å²) < 4.78 is 10.5. The Hall–Kier alpha value is -3.68. The molecule has 0 spiro atoms. The molecule has 4 N–H and O–H groups in total. The van der Waals surface area contributed by atoms with Crippen molar-refractivity contribution < 1.29 is 19.7 Å². The molecule has 1 aromatic heterocycles. The van der Waals surface area contributed by atoms with E-state index in [1.807, 2.05) is 6.07 Å². The van der Waals surface area contributed by atoms with Gasteiger partial charge in [0.1, 0.15) is 5.82 Å². The van der Waals surface area contributed by atoms with Crippen LogP contribution in [0, 0.1) is 0 Å². The number of anilines is 4. The van der Waals surface area contributed by atoms with Gasteiger partial charge in [-0.25, -0.2) is 4.98 Å². The summed E-state index contributed by atoms with van der Waals surface area (Å²) in [5, 5.41) is 25.0. The highest BCUT2D eigenvalue weighted by atomic mass is 16.5. The quantitative estimate of drug-likeness (QED) is 0.394. The number of hydrogen-bond acceptors (Lipinski definition) is 8. The van der Waals surface area contributed by atoms with E-state index in [2.05, 4.69) is 20.6 Å². The van der Waals surface area contributed by atoms with E-state index in [0.717, 1.165) is 5.69 Å². The number of benzene rings is 2. The molecule has 0 aliphatic rings. The molecule has 0 fully saturated rings. The molecule has 8 heteroatoms. The molecular weight excluding hydrogens is 336 g/mol. The Balaban J connectivity index is 1.78. The summed E-state index contributed by atoms with van der Waals surface area (Å²) in [7, 11) is 3.14. The molecule has 0 saturated heterocycles. The second-order valence-electron chi connectivity index (χ2n) is 5.29. The zero-order chi connectivity index (χ0) is 18.5. The van der Waals surface area contributed by atoms with Crippen molar-refractivity contribution >= 4 is 23.1 Å². The van der Waals surface area contributed by atoms with Crippen molar-refractivity contribution in [3.63, 3.8) is 0 Å². The van der Waals surface area contributed by atoms with Gasteiger partial charge in [0.2, 0.25) is 5.95 Å². The first kappa shape index (κ1) is 17.2. The van der Waals surface area contributed by atoms with Gasteiger partial charge in [-0.3, -0.25) is 0 Å². The second kappa shape index (κ2) is 7.47. The fraction of sp³-hybridized carbons (Fsp3) is 0.111. The van der Waals surface area contributed by atoms with Gasteiger partial charge in [0, 0.05) is 29.7 Å². The van der Waals surface area contributed by atoms with Crippen molar-refractivity contribution in [2.75, 3.05) is 24.9 Å². The first-order valence-electron chi connectivity index (χ1n) is 7.70. The van der Waals surface area contributed by atoms with Crippen LogP contribution in [0.25, 0.3) is 0 Å². The van der Waals surface area contributed by atoms with Crippen molar-refractivity contribution in [1.29, 1.82) is 0 Å². The molecule has 2 aromatic carbocycles. The van der Waals surface area contributed by atoms with Crippen LogP contribution in [-0.4, -0.2) is 34.4 Å². The Morgan fingerprint density at radius 3 is 2.27 bits per heavy atom. The van der Waals surface area contributed by atoms with Gasteiger partial charge < -0.3 is 30.3 Å². The summed E-state index contributed by atoms with van der Waals surface area (Å²) >= 11 is 0. The van der Waals surface area contributed by atoms with E-state index >= 15 is 0 Å². The predicted molar refractivity (Wildman–Crippen MR) is 97.9 cm³/mol. The Bertz CT molecular complexity index is 917. The molecule has 0 aliphatic heterocycles. The lowest BCUT2D eigenvalue weighted by atomic mass is 10.2. The van der Waals surface area contributed by atoms with Crippen LogP contribution in [0.2, 0.25) is 0 Å². The molecule has 0 radical (unpaired) electrons. The van der Waals surface area contributed by atoms with Crippen LogP contribution < -0.4 is 20.1 Å². The Morgan fingerprint density at radius 1 is 0.808 bits per heavy atom. The molecule has 3 aromatic rings. The topological polar surface area (TPSA) is 109 Å². The molecule has 3 rings (SSSR count). The normalized spacial score (nSPS) is 10.2. The Labute approximate surface area is 150 Å². The van der Waals surface area contributed by atoms with Crippen molar-refractivity contribution in [3.8, 4) is 23.0 Å². The summed E-state index contributed by atoms with van der Waals surface area (Å²) in [5.74, 6) is 1.72. The molecule has 0 saturated carbocycles. The second-order valence-corrected chi connectivity index (χ2v) is 5.29. The molecule has 0 atom stereocenters.